The van der Waals surface area contributed by atoms with Gasteiger partial charge < -0.3 is 0 Å². The number of aryl methyl sites for hydroxylation is 1. The van der Waals surface area contributed by atoms with Crippen molar-refractivity contribution in [1.82, 2.24) is 9.78 Å². The van der Waals surface area contributed by atoms with Crippen LogP contribution in [0.3, 0.4) is 0 Å². The Labute approximate surface area is 92.9 Å². The lowest BCUT2D eigenvalue weighted by Crippen LogP contribution is -2.33. The van der Waals surface area contributed by atoms with Crippen molar-refractivity contribution < 1.29 is 0 Å². The molecule has 0 amide bonds. The third kappa shape index (κ3) is 2.72. The third-order valence-corrected chi connectivity index (χ3v) is 2.74. The fraction of sp³-hybridized carbons (Fsp3) is 0.600. The van der Waals surface area contributed by atoms with E-state index in [1.165, 1.54) is 4.68 Å². The van der Waals surface area contributed by atoms with Crippen molar-refractivity contribution in [3.63, 3.8) is 0 Å². The monoisotopic (exact) mass is 230 g/mol. The van der Waals surface area contributed by atoms with Gasteiger partial charge in [-0.1, -0.05) is 0 Å². The van der Waals surface area contributed by atoms with Gasteiger partial charge in [0.2, 0.25) is 0 Å². The number of nitrogens with zero attached hydrogens (tertiary/aromatic N) is 1. The van der Waals surface area contributed by atoms with Crippen LogP contribution in [0.5, 0.6) is 0 Å². The summed E-state index contributed by atoms with van der Waals surface area (Å²) < 4.78 is 1.36. The highest BCUT2D eigenvalue weighted by Crippen LogP contribution is 1.95. The molecule has 1 rings (SSSR count). The van der Waals surface area contributed by atoms with Gasteiger partial charge in [-0.3, -0.25) is 19.4 Å². The molecule has 4 nitrogen and oxygen atoms in total. The van der Waals surface area contributed by atoms with E-state index in [2.05, 4.69) is 5.10 Å². The first kappa shape index (κ1) is 12.0. The van der Waals surface area contributed by atoms with Crippen LogP contribution in [0, 0.1) is 13.8 Å². The number of hydrogen-bond donors (Lipinski definition) is 1. The second-order valence-corrected chi connectivity index (χ2v) is 3.92. The normalized spacial score (nSPS) is 10.6. The predicted octanol–water partition coefficient (Wildman–Crippen LogP) is 1.17. The minimum atomic E-state index is -0.196. The first-order valence-electron chi connectivity index (χ1n) is 4.94. The average molecular weight is 231 g/mol. The summed E-state index contributed by atoms with van der Waals surface area (Å²) in [5.74, 6) is 0.573. The molecule has 0 aliphatic carbocycles. The maximum absolute atomic E-state index is 11.7. The van der Waals surface area contributed by atoms with Crippen LogP contribution in [-0.2, 0) is 6.54 Å². The Morgan fingerprint density at radius 2 is 1.87 bits per heavy atom. The number of hydrogen-bond acceptors (Lipinski definition) is 2. The first-order valence-corrected chi connectivity index (χ1v) is 5.47. The predicted molar refractivity (Wildman–Crippen MR) is 60.8 cm³/mol. The van der Waals surface area contributed by atoms with Gasteiger partial charge in [0.1, 0.15) is 0 Å². The van der Waals surface area contributed by atoms with E-state index in [1.54, 1.807) is 13.8 Å². The molecule has 0 bridgehead atoms. The minimum Gasteiger partial charge on any atom is -0.268 e. The fourth-order valence-electron chi connectivity index (χ4n) is 1.31. The van der Waals surface area contributed by atoms with Crippen LogP contribution in [-0.4, -0.2) is 15.7 Å². The molecule has 0 spiro atoms. The summed E-state index contributed by atoms with van der Waals surface area (Å²) >= 11 is 5.54. The van der Waals surface area contributed by atoms with Gasteiger partial charge in [0.25, 0.3) is 11.1 Å². The number of aromatic amines is 1. The second-order valence-electron chi connectivity index (χ2n) is 3.54. The van der Waals surface area contributed by atoms with E-state index in [0.717, 1.165) is 12.8 Å². The Kier molecular flexibility index (Phi) is 4.15. The highest BCUT2D eigenvalue weighted by molar-refractivity contribution is 6.17. The molecule has 84 valence electrons. The number of aromatic nitrogens is 2. The summed E-state index contributed by atoms with van der Waals surface area (Å²) in [5.41, 5.74) is 0.692. The van der Waals surface area contributed by atoms with Gasteiger partial charge in [-0.15, -0.1) is 11.6 Å². The molecule has 1 aromatic rings. The Hall–Kier alpha value is -1.03. The minimum absolute atomic E-state index is 0.123. The van der Waals surface area contributed by atoms with Gasteiger partial charge in [0.15, 0.2) is 0 Å². The number of halogens is 1. The molecule has 15 heavy (non-hydrogen) atoms. The number of unbranched alkanes of at least 4 members (excludes halogenated alkanes) is 1. The van der Waals surface area contributed by atoms with Crippen LogP contribution in [0.25, 0.3) is 0 Å². The van der Waals surface area contributed by atoms with Crippen molar-refractivity contribution in [3.8, 4) is 0 Å². The number of nitrogens with one attached hydrogen (secondary N) is 1. The van der Waals surface area contributed by atoms with Gasteiger partial charge in [0.05, 0.1) is 0 Å². The SMILES string of the molecule is Cc1c(C)c(=O)n(CCCCCl)[nH]c1=O. The molecule has 0 aliphatic heterocycles. The maximum atomic E-state index is 11.7. The molecule has 0 aliphatic rings. The molecule has 0 fully saturated rings. The molecule has 0 radical (unpaired) electrons. The molecule has 0 saturated carbocycles. The number of H-pyrrole nitrogens is 1. The highest BCUT2D eigenvalue weighted by Gasteiger charge is 2.06. The fourth-order valence-corrected chi connectivity index (χ4v) is 1.50. The zero-order valence-electron chi connectivity index (χ0n) is 8.97. The Morgan fingerprint density at radius 1 is 1.20 bits per heavy atom. The van der Waals surface area contributed by atoms with Crippen LogP contribution in [0.2, 0.25) is 0 Å². The van der Waals surface area contributed by atoms with Gasteiger partial charge in [-0.25, -0.2) is 0 Å². The lowest BCUT2D eigenvalue weighted by Gasteiger charge is -2.07. The smallest absolute Gasteiger partial charge is 0.268 e. The number of alkyl halides is 1. The molecular weight excluding hydrogens is 216 g/mol. The highest BCUT2D eigenvalue weighted by atomic mass is 35.5. The summed E-state index contributed by atoms with van der Waals surface area (Å²) in [6, 6.07) is 0. The molecule has 1 aromatic heterocycles. The van der Waals surface area contributed by atoms with Crippen molar-refractivity contribution in [2.24, 2.45) is 0 Å². The Bertz CT molecular complexity index is 448. The molecule has 5 heteroatoms. The maximum Gasteiger partial charge on any atom is 0.268 e. The van der Waals surface area contributed by atoms with Crippen molar-refractivity contribution >= 4 is 11.6 Å². The van der Waals surface area contributed by atoms with Gasteiger partial charge >= 0.3 is 0 Å². The number of rotatable bonds is 4. The average Bonchev–Trinajstić information content (AvgIpc) is 2.23. The van der Waals surface area contributed by atoms with Gasteiger partial charge in [0, 0.05) is 23.6 Å². The Balaban J connectivity index is 3.00. The summed E-state index contributed by atoms with van der Waals surface area (Å²) in [6.07, 6.45) is 1.63. The summed E-state index contributed by atoms with van der Waals surface area (Å²) in [5, 5.41) is 2.55. The van der Waals surface area contributed by atoms with E-state index >= 15 is 0 Å². The second kappa shape index (κ2) is 5.16. The van der Waals surface area contributed by atoms with Gasteiger partial charge in [-0.05, 0) is 26.7 Å². The van der Waals surface area contributed by atoms with Crippen LogP contribution in [0.15, 0.2) is 9.59 Å². The molecule has 0 atom stereocenters. The quantitative estimate of drug-likeness (QED) is 0.624. The first-order chi connectivity index (χ1) is 7.07. The largest absolute Gasteiger partial charge is 0.268 e. The van der Waals surface area contributed by atoms with Crippen LogP contribution < -0.4 is 11.1 Å². The zero-order valence-corrected chi connectivity index (χ0v) is 9.73. The lowest BCUT2D eigenvalue weighted by atomic mass is 10.2. The topological polar surface area (TPSA) is 54.9 Å². The Morgan fingerprint density at radius 3 is 2.47 bits per heavy atom. The van der Waals surface area contributed by atoms with E-state index in [4.69, 9.17) is 11.6 Å². The van der Waals surface area contributed by atoms with E-state index in [1.807, 2.05) is 0 Å². The van der Waals surface area contributed by atoms with E-state index < -0.39 is 0 Å². The van der Waals surface area contributed by atoms with E-state index in [0.29, 0.717) is 23.6 Å². The molecule has 0 unspecified atom stereocenters. The van der Waals surface area contributed by atoms with E-state index in [9.17, 15) is 9.59 Å². The molecule has 1 heterocycles. The van der Waals surface area contributed by atoms with Crippen molar-refractivity contribution in [3.05, 3.63) is 31.8 Å². The zero-order chi connectivity index (χ0) is 11.4. The van der Waals surface area contributed by atoms with Gasteiger partial charge in [-0.2, -0.15) is 0 Å². The molecular formula is C10H15ClN2O2. The van der Waals surface area contributed by atoms with Crippen LogP contribution in [0.4, 0.5) is 0 Å². The summed E-state index contributed by atoms with van der Waals surface area (Å²) in [7, 11) is 0. The van der Waals surface area contributed by atoms with Crippen LogP contribution in [0.1, 0.15) is 24.0 Å². The van der Waals surface area contributed by atoms with Crippen molar-refractivity contribution in [2.45, 2.75) is 33.2 Å². The third-order valence-electron chi connectivity index (χ3n) is 2.47. The van der Waals surface area contributed by atoms with Crippen LogP contribution >= 0.6 is 11.6 Å². The molecule has 0 saturated heterocycles. The standard InChI is InChI=1S/C10H15ClN2O2/c1-7-8(2)10(15)13(12-9(7)14)6-4-3-5-11/h3-6H2,1-2H3,(H,12,14). The van der Waals surface area contributed by atoms with Crippen molar-refractivity contribution in [1.29, 1.82) is 0 Å². The summed E-state index contributed by atoms with van der Waals surface area (Å²) in [6.45, 7) is 3.84. The lowest BCUT2D eigenvalue weighted by molar-refractivity contribution is 0.532. The van der Waals surface area contributed by atoms with E-state index in [-0.39, 0.29) is 11.1 Å². The molecule has 0 aromatic carbocycles. The van der Waals surface area contributed by atoms with Crippen molar-refractivity contribution in [2.75, 3.05) is 5.88 Å². The molecule has 1 N–H and O–H groups in total. The summed E-state index contributed by atoms with van der Waals surface area (Å²) in [4.78, 5) is 23.1.